The Morgan fingerprint density at radius 1 is 1.57 bits per heavy atom. The van der Waals surface area contributed by atoms with Gasteiger partial charge in [0.15, 0.2) is 0 Å². The second-order valence-corrected chi connectivity index (χ2v) is 5.51. The highest BCUT2D eigenvalue weighted by atomic mass is 32.1. The van der Waals surface area contributed by atoms with Crippen LogP contribution in [-0.4, -0.2) is 23.0 Å². The Morgan fingerprint density at radius 3 is 2.95 bits per heavy atom. The molecule has 0 aliphatic heterocycles. The number of hydrogen-bond donors (Lipinski definition) is 1. The molecule has 0 saturated heterocycles. The number of nitrogens with zero attached hydrogens (tertiary/aromatic N) is 3. The lowest BCUT2D eigenvalue weighted by Gasteiger charge is -2.17. The highest BCUT2D eigenvalue weighted by molar-refractivity contribution is 7.09. The Balaban J connectivity index is 2.06. The van der Waals surface area contributed by atoms with Crippen molar-refractivity contribution < 1.29 is 9.18 Å². The van der Waals surface area contributed by atoms with E-state index in [4.69, 9.17) is 5.26 Å². The number of nitrogens with one attached hydrogen (secondary N) is 1. The fourth-order valence-corrected chi connectivity index (χ4v) is 2.33. The number of thiazole rings is 1. The van der Waals surface area contributed by atoms with Crippen LogP contribution in [0, 0.1) is 24.1 Å². The molecule has 0 saturated carbocycles. The minimum Gasteiger partial charge on any atom is -0.322 e. The number of anilines is 1. The predicted molar refractivity (Wildman–Crippen MR) is 78.5 cm³/mol. The molecule has 0 bridgehead atoms. The van der Waals surface area contributed by atoms with E-state index in [0.29, 0.717) is 6.54 Å². The first-order chi connectivity index (χ1) is 9.99. The summed E-state index contributed by atoms with van der Waals surface area (Å²) < 4.78 is 13.0. The zero-order chi connectivity index (χ0) is 15.4. The fourth-order valence-electron chi connectivity index (χ4n) is 1.72. The van der Waals surface area contributed by atoms with Crippen molar-refractivity contribution in [2.75, 3.05) is 12.4 Å². The largest absolute Gasteiger partial charge is 0.322 e. The van der Waals surface area contributed by atoms with Crippen molar-refractivity contribution in [2.45, 2.75) is 13.5 Å². The number of benzene rings is 1. The second kappa shape index (κ2) is 6.33. The summed E-state index contributed by atoms with van der Waals surface area (Å²) in [4.78, 5) is 17.8. The number of aryl methyl sites for hydroxylation is 1. The number of rotatable bonds is 3. The van der Waals surface area contributed by atoms with Gasteiger partial charge in [-0.3, -0.25) is 0 Å². The normalized spacial score (nSPS) is 10.0. The van der Waals surface area contributed by atoms with Crippen molar-refractivity contribution in [3.8, 4) is 6.07 Å². The van der Waals surface area contributed by atoms with Gasteiger partial charge in [0, 0.05) is 12.4 Å². The molecule has 0 unspecified atom stereocenters. The molecule has 21 heavy (non-hydrogen) atoms. The van der Waals surface area contributed by atoms with E-state index in [2.05, 4.69) is 10.3 Å². The van der Waals surface area contributed by atoms with Crippen molar-refractivity contribution in [2.24, 2.45) is 0 Å². The van der Waals surface area contributed by atoms with Crippen LogP contribution in [0.15, 0.2) is 23.6 Å². The molecule has 1 aromatic carbocycles. The Bertz CT molecular complexity index is 707. The lowest BCUT2D eigenvalue weighted by atomic mass is 10.2. The molecule has 0 aliphatic rings. The second-order valence-electron chi connectivity index (χ2n) is 4.45. The summed E-state index contributed by atoms with van der Waals surface area (Å²) in [6, 6.07) is 5.11. The SMILES string of the molecule is Cc1nc(CN(C)C(=O)Nc2ccc(F)cc2C#N)cs1. The first-order valence-electron chi connectivity index (χ1n) is 6.12. The van der Waals surface area contributed by atoms with Gasteiger partial charge in [-0.05, 0) is 25.1 Å². The molecule has 2 amide bonds. The van der Waals surface area contributed by atoms with Gasteiger partial charge < -0.3 is 10.2 Å². The quantitative estimate of drug-likeness (QED) is 0.947. The van der Waals surface area contributed by atoms with Gasteiger partial charge >= 0.3 is 6.03 Å². The molecular formula is C14H13FN4OS. The average Bonchev–Trinajstić information content (AvgIpc) is 2.85. The number of carbonyl (C=O) groups is 1. The molecule has 2 rings (SSSR count). The lowest BCUT2D eigenvalue weighted by Crippen LogP contribution is -2.31. The number of aromatic nitrogens is 1. The lowest BCUT2D eigenvalue weighted by molar-refractivity contribution is 0.220. The first kappa shape index (κ1) is 14.9. The molecule has 0 atom stereocenters. The summed E-state index contributed by atoms with van der Waals surface area (Å²) in [6.07, 6.45) is 0. The number of urea groups is 1. The molecule has 0 spiro atoms. The van der Waals surface area contributed by atoms with Gasteiger partial charge in [-0.15, -0.1) is 11.3 Å². The van der Waals surface area contributed by atoms with Gasteiger partial charge in [0.1, 0.15) is 11.9 Å². The molecule has 1 aromatic heterocycles. The summed E-state index contributed by atoms with van der Waals surface area (Å²) in [7, 11) is 1.62. The third-order valence-electron chi connectivity index (χ3n) is 2.76. The van der Waals surface area contributed by atoms with Crippen molar-refractivity contribution >= 4 is 23.1 Å². The molecule has 108 valence electrons. The number of nitriles is 1. The Hall–Kier alpha value is -2.46. The third kappa shape index (κ3) is 3.77. The van der Waals surface area contributed by atoms with Gasteiger partial charge in [0.05, 0.1) is 28.5 Å². The van der Waals surface area contributed by atoms with Crippen molar-refractivity contribution in [1.29, 1.82) is 5.26 Å². The van der Waals surface area contributed by atoms with Gasteiger partial charge in [-0.1, -0.05) is 0 Å². The Morgan fingerprint density at radius 2 is 2.33 bits per heavy atom. The van der Waals surface area contributed by atoms with Crippen LogP contribution in [0.4, 0.5) is 14.9 Å². The maximum absolute atomic E-state index is 13.0. The maximum Gasteiger partial charge on any atom is 0.321 e. The standard InChI is InChI=1S/C14H13FN4OS/c1-9-17-12(8-21-9)7-19(2)14(20)18-13-4-3-11(15)5-10(13)6-16/h3-5,8H,7H2,1-2H3,(H,18,20). The van der Waals surface area contributed by atoms with E-state index in [0.717, 1.165) is 16.8 Å². The molecule has 1 heterocycles. The van der Waals surface area contributed by atoms with Gasteiger partial charge in [-0.2, -0.15) is 5.26 Å². The summed E-state index contributed by atoms with van der Waals surface area (Å²) >= 11 is 1.52. The summed E-state index contributed by atoms with van der Waals surface area (Å²) in [5, 5.41) is 14.4. The smallest absolute Gasteiger partial charge is 0.321 e. The van der Waals surface area contributed by atoms with Crippen molar-refractivity contribution in [3.63, 3.8) is 0 Å². The van der Waals surface area contributed by atoms with Crippen LogP contribution < -0.4 is 5.32 Å². The van der Waals surface area contributed by atoms with E-state index in [9.17, 15) is 9.18 Å². The highest BCUT2D eigenvalue weighted by Gasteiger charge is 2.13. The van der Waals surface area contributed by atoms with Crippen LogP contribution >= 0.6 is 11.3 Å². The van der Waals surface area contributed by atoms with Crippen LogP contribution in [0.1, 0.15) is 16.3 Å². The van der Waals surface area contributed by atoms with Crippen molar-refractivity contribution in [1.82, 2.24) is 9.88 Å². The topological polar surface area (TPSA) is 69.0 Å². The molecule has 0 fully saturated rings. The molecule has 0 aliphatic carbocycles. The van der Waals surface area contributed by atoms with Crippen LogP contribution in [0.3, 0.4) is 0 Å². The molecule has 2 aromatic rings. The van der Waals surface area contributed by atoms with Crippen LogP contribution in [0.2, 0.25) is 0 Å². The zero-order valence-electron chi connectivity index (χ0n) is 11.6. The third-order valence-corrected chi connectivity index (χ3v) is 3.58. The zero-order valence-corrected chi connectivity index (χ0v) is 12.4. The summed E-state index contributed by atoms with van der Waals surface area (Å²) in [5.74, 6) is -0.518. The Kier molecular flexibility index (Phi) is 4.50. The molecule has 5 nitrogen and oxygen atoms in total. The predicted octanol–water partition coefficient (Wildman–Crippen LogP) is 3.13. The fraction of sp³-hybridized carbons (Fsp3) is 0.214. The van der Waals surface area contributed by atoms with E-state index < -0.39 is 5.82 Å². The van der Waals surface area contributed by atoms with Crippen molar-refractivity contribution in [3.05, 3.63) is 45.7 Å². The van der Waals surface area contributed by atoms with Gasteiger partial charge in [0.25, 0.3) is 0 Å². The Labute approximate surface area is 125 Å². The van der Waals surface area contributed by atoms with E-state index in [1.807, 2.05) is 18.4 Å². The first-order valence-corrected chi connectivity index (χ1v) is 7.00. The number of carbonyl (C=O) groups excluding carboxylic acids is 1. The van der Waals surface area contributed by atoms with E-state index in [1.54, 1.807) is 7.05 Å². The molecule has 7 heteroatoms. The maximum atomic E-state index is 13.0. The molecule has 0 radical (unpaired) electrons. The molecular weight excluding hydrogens is 291 g/mol. The average molecular weight is 304 g/mol. The van der Waals surface area contributed by atoms with Crippen LogP contribution in [-0.2, 0) is 6.54 Å². The monoisotopic (exact) mass is 304 g/mol. The van der Waals surface area contributed by atoms with Gasteiger partial charge in [-0.25, -0.2) is 14.2 Å². The summed E-state index contributed by atoms with van der Waals surface area (Å²) in [6.45, 7) is 2.26. The number of halogens is 1. The molecule has 1 N–H and O–H groups in total. The highest BCUT2D eigenvalue weighted by Crippen LogP contribution is 2.17. The van der Waals surface area contributed by atoms with E-state index >= 15 is 0 Å². The number of amides is 2. The van der Waals surface area contributed by atoms with Crippen LogP contribution in [0.5, 0.6) is 0 Å². The number of hydrogen-bond acceptors (Lipinski definition) is 4. The minimum atomic E-state index is -0.518. The van der Waals surface area contributed by atoms with Gasteiger partial charge in [0.2, 0.25) is 0 Å². The van der Waals surface area contributed by atoms with E-state index in [-0.39, 0.29) is 17.3 Å². The minimum absolute atomic E-state index is 0.0845. The van der Waals surface area contributed by atoms with E-state index in [1.165, 1.54) is 28.4 Å². The van der Waals surface area contributed by atoms with Crippen LogP contribution in [0.25, 0.3) is 0 Å². The summed E-state index contributed by atoms with van der Waals surface area (Å²) in [5.41, 5.74) is 1.17.